The van der Waals surface area contributed by atoms with Crippen LogP contribution >= 0.6 is 0 Å². The summed E-state index contributed by atoms with van der Waals surface area (Å²) < 4.78 is 4.98. The van der Waals surface area contributed by atoms with Crippen LogP contribution in [0.1, 0.15) is 32.3 Å². The van der Waals surface area contributed by atoms with Gasteiger partial charge in [0.15, 0.2) is 11.5 Å². The molecule has 0 saturated heterocycles. The Kier molecular flexibility index (Phi) is 3.25. The number of aromatic hydroxyl groups is 1. The van der Waals surface area contributed by atoms with E-state index in [9.17, 15) is 5.11 Å². The Morgan fingerprint density at radius 3 is 2.40 bits per heavy atom. The van der Waals surface area contributed by atoms with Crippen molar-refractivity contribution in [1.29, 1.82) is 0 Å². The molecule has 0 aliphatic heterocycles. The standard InChI is InChI=1S/C12H19NO2/c1-8(12(2,3)13)9-5-6-11(15-4)10(14)7-9/h5-8,14H,13H2,1-4H3. The fourth-order valence-electron chi connectivity index (χ4n) is 1.41. The molecule has 3 N–H and O–H groups in total. The summed E-state index contributed by atoms with van der Waals surface area (Å²) in [5, 5.41) is 9.64. The lowest BCUT2D eigenvalue weighted by Crippen LogP contribution is -2.37. The van der Waals surface area contributed by atoms with Gasteiger partial charge in [0.25, 0.3) is 0 Å². The summed E-state index contributed by atoms with van der Waals surface area (Å²) in [7, 11) is 1.53. The van der Waals surface area contributed by atoms with E-state index in [2.05, 4.69) is 0 Å². The number of hydrogen-bond acceptors (Lipinski definition) is 3. The first-order chi connectivity index (χ1) is 6.86. The van der Waals surface area contributed by atoms with Crippen LogP contribution in [0.2, 0.25) is 0 Å². The first-order valence-electron chi connectivity index (χ1n) is 5.02. The van der Waals surface area contributed by atoms with E-state index in [4.69, 9.17) is 10.5 Å². The molecule has 0 fully saturated rings. The van der Waals surface area contributed by atoms with Gasteiger partial charge in [0, 0.05) is 5.54 Å². The molecule has 3 nitrogen and oxygen atoms in total. The van der Waals surface area contributed by atoms with E-state index < -0.39 is 0 Å². The van der Waals surface area contributed by atoms with Gasteiger partial charge >= 0.3 is 0 Å². The number of methoxy groups -OCH3 is 1. The van der Waals surface area contributed by atoms with Crippen molar-refractivity contribution in [3.05, 3.63) is 23.8 Å². The van der Waals surface area contributed by atoms with Crippen molar-refractivity contribution in [3.63, 3.8) is 0 Å². The minimum absolute atomic E-state index is 0.158. The molecule has 15 heavy (non-hydrogen) atoms. The molecule has 84 valence electrons. The van der Waals surface area contributed by atoms with Gasteiger partial charge in [-0.3, -0.25) is 0 Å². The Bertz CT molecular complexity index is 342. The molecule has 0 heterocycles. The fraction of sp³-hybridized carbons (Fsp3) is 0.500. The number of hydrogen-bond donors (Lipinski definition) is 2. The van der Waals surface area contributed by atoms with Crippen LogP contribution < -0.4 is 10.5 Å². The largest absolute Gasteiger partial charge is 0.504 e. The molecule has 1 atom stereocenters. The van der Waals surface area contributed by atoms with E-state index in [0.29, 0.717) is 5.75 Å². The van der Waals surface area contributed by atoms with E-state index in [1.54, 1.807) is 12.1 Å². The zero-order valence-electron chi connectivity index (χ0n) is 9.74. The quantitative estimate of drug-likeness (QED) is 0.802. The molecule has 1 unspecified atom stereocenters. The molecule has 0 aliphatic rings. The first-order valence-corrected chi connectivity index (χ1v) is 5.02. The molecule has 0 aliphatic carbocycles. The molecule has 1 aromatic rings. The molecular weight excluding hydrogens is 190 g/mol. The van der Waals surface area contributed by atoms with Crippen LogP contribution in [-0.4, -0.2) is 17.8 Å². The van der Waals surface area contributed by atoms with Crippen LogP contribution in [0.4, 0.5) is 0 Å². The minimum atomic E-state index is -0.305. The van der Waals surface area contributed by atoms with Crippen molar-refractivity contribution in [3.8, 4) is 11.5 Å². The van der Waals surface area contributed by atoms with Gasteiger partial charge in [0.2, 0.25) is 0 Å². The van der Waals surface area contributed by atoms with Gasteiger partial charge in [-0.2, -0.15) is 0 Å². The summed E-state index contributed by atoms with van der Waals surface area (Å²) in [6, 6.07) is 5.39. The predicted octanol–water partition coefficient (Wildman–Crippen LogP) is 2.24. The second-order valence-electron chi connectivity index (χ2n) is 4.47. The molecule has 0 amide bonds. The monoisotopic (exact) mass is 209 g/mol. The van der Waals surface area contributed by atoms with Crippen LogP contribution in [0, 0.1) is 0 Å². The lowest BCUT2D eigenvalue weighted by Gasteiger charge is -2.27. The molecule has 1 rings (SSSR count). The van der Waals surface area contributed by atoms with Gasteiger partial charge in [-0.05, 0) is 37.5 Å². The van der Waals surface area contributed by atoms with Crippen molar-refractivity contribution in [2.75, 3.05) is 7.11 Å². The molecular formula is C12H19NO2. The van der Waals surface area contributed by atoms with Crippen LogP contribution in [0.5, 0.6) is 11.5 Å². The highest BCUT2D eigenvalue weighted by Gasteiger charge is 2.22. The lowest BCUT2D eigenvalue weighted by atomic mass is 9.84. The van der Waals surface area contributed by atoms with Crippen LogP contribution in [0.25, 0.3) is 0 Å². The number of phenolic OH excluding ortho intramolecular Hbond substituents is 1. The summed E-state index contributed by atoms with van der Waals surface area (Å²) >= 11 is 0. The average Bonchev–Trinajstić information content (AvgIpc) is 2.15. The minimum Gasteiger partial charge on any atom is -0.504 e. The van der Waals surface area contributed by atoms with E-state index in [-0.39, 0.29) is 17.2 Å². The fourth-order valence-corrected chi connectivity index (χ4v) is 1.41. The highest BCUT2D eigenvalue weighted by atomic mass is 16.5. The molecule has 1 aromatic carbocycles. The smallest absolute Gasteiger partial charge is 0.160 e. The van der Waals surface area contributed by atoms with Crippen molar-refractivity contribution in [2.24, 2.45) is 5.73 Å². The zero-order valence-corrected chi connectivity index (χ0v) is 9.74. The van der Waals surface area contributed by atoms with Crippen LogP contribution in [0.15, 0.2) is 18.2 Å². The van der Waals surface area contributed by atoms with E-state index in [1.807, 2.05) is 26.8 Å². The van der Waals surface area contributed by atoms with Crippen molar-refractivity contribution < 1.29 is 9.84 Å². The van der Waals surface area contributed by atoms with E-state index in [1.165, 1.54) is 7.11 Å². The van der Waals surface area contributed by atoms with E-state index in [0.717, 1.165) is 5.56 Å². The number of benzene rings is 1. The second-order valence-corrected chi connectivity index (χ2v) is 4.47. The maximum Gasteiger partial charge on any atom is 0.160 e. The third-order valence-electron chi connectivity index (χ3n) is 2.82. The highest BCUT2D eigenvalue weighted by molar-refractivity contribution is 5.43. The Morgan fingerprint density at radius 1 is 1.40 bits per heavy atom. The highest BCUT2D eigenvalue weighted by Crippen LogP contribution is 2.32. The Balaban J connectivity index is 3.02. The van der Waals surface area contributed by atoms with Gasteiger partial charge in [0.1, 0.15) is 0 Å². The van der Waals surface area contributed by atoms with Gasteiger partial charge in [-0.15, -0.1) is 0 Å². The lowest BCUT2D eigenvalue weighted by molar-refractivity contribution is 0.371. The van der Waals surface area contributed by atoms with Gasteiger partial charge in [-0.25, -0.2) is 0 Å². The van der Waals surface area contributed by atoms with E-state index >= 15 is 0 Å². The Morgan fingerprint density at radius 2 is 2.00 bits per heavy atom. The average molecular weight is 209 g/mol. The Labute approximate surface area is 90.9 Å². The summed E-state index contributed by atoms with van der Waals surface area (Å²) in [6.07, 6.45) is 0. The molecule has 0 aromatic heterocycles. The SMILES string of the molecule is COc1ccc(C(C)C(C)(C)N)cc1O. The first kappa shape index (κ1) is 11.9. The third-order valence-corrected chi connectivity index (χ3v) is 2.82. The number of rotatable bonds is 3. The van der Waals surface area contributed by atoms with Crippen molar-refractivity contribution in [1.82, 2.24) is 0 Å². The van der Waals surface area contributed by atoms with Crippen LogP contribution in [0.3, 0.4) is 0 Å². The molecule has 3 heteroatoms. The molecule has 0 saturated carbocycles. The molecule has 0 bridgehead atoms. The predicted molar refractivity (Wildman–Crippen MR) is 61.3 cm³/mol. The van der Waals surface area contributed by atoms with Crippen LogP contribution in [-0.2, 0) is 0 Å². The Hall–Kier alpha value is -1.22. The topological polar surface area (TPSA) is 55.5 Å². The zero-order chi connectivity index (χ0) is 11.6. The maximum absolute atomic E-state index is 9.64. The molecule has 0 spiro atoms. The normalized spacial score (nSPS) is 13.7. The summed E-state index contributed by atoms with van der Waals surface area (Å²) in [6.45, 7) is 5.99. The summed E-state index contributed by atoms with van der Waals surface area (Å²) in [4.78, 5) is 0. The van der Waals surface area contributed by atoms with Gasteiger partial charge < -0.3 is 15.6 Å². The second kappa shape index (κ2) is 4.11. The maximum atomic E-state index is 9.64. The summed E-state index contributed by atoms with van der Waals surface area (Å²) in [5.41, 5.74) is 6.73. The van der Waals surface area contributed by atoms with Gasteiger partial charge in [-0.1, -0.05) is 13.0 Å². The molecule has 0 radical (unpaired) electrons. The van der Waals surface area contributed by atoms with Crippen molar-refractivity contribution in [2.45, 2.75) is 32.2 Å². The van der Waals surface area contributed by atoms with Crippen molar-refractivity contribution >= 4 is 0 Å². The number of nitrogens with two attached hydrogens (primary N) is 1. The third kappa shape index (κ3) is 2.63. The number of ether oxygens (including phenoxy) is 1. The number of phenols is 1. The summed E-state index contributed by atoms with van der Waals surface area (Å²) in [5.74, 6) is 0.821. The van der Waals surface area contributed by atoms with Gasteiger partial charge in [0.05, 0.1) is 7.11 Å².